The Morgan fingerprint density at radius 1 is 1.18 bits per heavy atom. The fraction of sp³-hybridized carbons (Fsp3) is 0.111. The Morgan fingerprint density at radius 3 is 2.82 bits per heavy atom. The van der Waals surface area contributed by atoms with Gasteiger partial charge in [0.05, 0.1) is 16.5 Å². The average molecular weight is 290 g/mol. The summed E-state index contributed by atoms with van der Waals surface area (Å²) in [5.41, 5.74) is 2.98. The molecule has 4 rings (SSSR count). The van der Waals surface area contributed by atoms with E-state index in [9.17, 15) is 9.90 Å². The number of aryl methyl sites for hydroxylation is 1. The van der Waals surface area contributed by atoms with Gasteiger partial charge >= 0.3 is 0 Å². The number of carbonyl (C=O) groups is 1. The molecular formula is C18H14N2O2. The Bertz CT molecular complexity index is 1040. The first kappa shape index (κ1) is 12.8. The molecule has 0 unspecified atom stereocenters. The van der Waals surface area contributed by atoms with Crippen LogP contribution in [0.1, 0.15) is 18.1 Å². The van der Waals surface area contributed by atoms with Crippen molar-refractivity contribution >= 4 is 22.4 Å². The zero-order valence-electron chi connectivity index (χ0n) is 12.1. The van der Waals surface area contributed by atoms with Crippen molar-refractivity contribution in [2.75, 3.05) is 0 Å². The van der Waals surface area contributed by atoms with Crippen molar-refractivity contribution < 1.29 is 9.90 Å². The zero-order valence-corrected chi connectivity index (χ0v) is 12.1. The smallest absolute Gasteiger partial charge is 0.279 e. The highest BCUT2D eigenvalue weighted by Gasteiger charge is 2.24. The van der Waals surface area contributed by atoms with E-state index in [1.807, 2.05) is 42.5 Å². The van der Waals surface area contributed by atoms with Crippen LogP contribution in [0.4, 0.5) is 0 Å². The summed E-state index contributed by atoms with van der Waals surface area (Å²) in [5, 5.41) is 12.6. The van der Waals surface area contributed by atoms with Crippen LogP contribution in [0.25, 0.3) is 16.5 Å². The highest BCUT2D eigenvalue weighted by atomic mass is 16.3. The molecule has 22 heavy (non-hydrogen) atoms. The number of rotatable bonds is 2. The standard InChI is InChI=1S/C18H14N2O2/c1-2-10-7-8-14-12(9-10)16(18(22)20-14)15-11-5-3-4-6-13(11)19-17(15)21/h3-9,20,22H,2H2,1H3. The van der Waals surface area contributed by atoms with E-state index < -0.39 is 0 Å². The van der Waals surface area contributed by atoms with Crippen LogP contribution in [0.15, 0.2) is 47.5 Å². The van der Waals surface area contributed by atoms with Gasteiger partial charge in [-0.05, 0) is 30.2 Å². The number of benzene rings is 2. The molecule has 108 valence electrons. The Balaban J connectivity index is 2.14. The van der Waals surface area contributed by atoms with E-state index >= 15 is 0 Å². The molecule has 1 amide bonds. The molecule has 0 saturated heterocycles. The summed E-state index contributed by atoms with van der Waals surface area (Å²) < 4.78 is 0. The predicted octanol–water partition coefficient (Wildman–Crippen LogP) is 1.79. The Labute approximate surface area is 126 Å². The van der Waals surface area contributed by atoms with E-state index in [0.717, 1.165) is 28.1 Å². The summed E-state index contributed by atoms with van der Waals surface area (Å²) in [6, 6.07) is 13.4. The van der Waals surface area contributed by atoms with Gasteiger partial charge in [0.15, 0.2) is 5.88 Å². The van der Waals surface area contributed by atoms with E-state index in [0.29, 0.717) is 16.5 Å². The van der Waals surface area contributed by atoms with Crippen molar-refractivity contribution in [2.45, 2.75) is 13.3 Å². The minimum atomic E-state index is -0.306. The van der Waals surface area contributed by atoms with Gasteiger partial charge in [-0.15, -0.1) is 0 Å². The second kappa shape index (κ2) is 4.56. The summed E-state index contributed by atoms with van der Waals surface area (Å²) in [6.07, 6.45) is 0.894. The molecule has 0 spiro atoms. The highest BCUT2D eigenvalue weighted by molar-refractivity contribution is 6.24. The fourth-order valence-corrected chi connectivity index (χ4v) is 3.00. The van der Waals surface area contributed by atoms with E-state index in [1.54, 1.807) is 0 Å². The molecule has 4 nitrogen and oxygen atoms in total. The lowest BCUT2D eigenvalue weighted by molar-refractivity contribution is -0.112. The Morgan fingerprint density at radius 2 is 2.00 bits per heavy atom. The summed E-state index contributed by atoms with van der Waals surface area (Å²) in [7, 11) is 0. The molecule has 1 aliphatic heterocycles. The molecule has 0 radical (unpaired) electrons. The largest absolute Gasteiger partial charge is 0.494 e. The zero-order chi connectivity index (χ0) is 15.3. The minimum Gasteiger partial charge on any atom is -0.494 e. The number of hydrogen-bond donors (Lipinski definition) is 2. The van der Waals surface area contributed by atoms with Crippen molar-refractivity contribution in [3.05, 3.63) is 64.2 Å². The van der Waals surface area contributed by atoms with Crippen LogP contribution >= 0.6 is 0 Å². The van der Waals surface area contributed by atoms with Gasteiger partial charge in [0.1, 0.15) is 0 Å². The van der Waals surface area contributed by atoms with Gasteiger partial charge in [-0.25, -0.2) is 4.99 Å². The Hall–Kier alpha value is -2.88. The molecule has 0 bridgehead atoms. The number of aromatic nitrogens is 1. The van der Waals surface area contributed by atoms with E-state index in [4.69, 9.17) is 0 Å². The van der Waals surface area contributed by atoms with Crippen LogP contribution < -0.4 is 10.6 Å². The van der Waals surface area contributed by atoms with Crippen molar-refractivity contribution in [1.29, 1.82) is 0 Å². The van der Waals surface area contributed by atoms with Crippen molar-refractivity contribution in [2.24, 2.45) is 4.99 Å². The molecule has 0 fully saturated rings. The molecule has 1 aromatic heterocycles. The summed E-state index contributed by atoms with van der Waals surface area (Å²) in [5.74, 6) is -0.294. The monoisotopic (exact) mass is 290 g/mol. The van der Waals surface area contributed by atoms with Crippen LogP contribution in [0, 0.1) is 0 Å². The molecule has 4 heteroatoms. The van der Waals surface area contributed by atoms with Gasteiger partial charge in [0, 0.05) is 16.1 Å². The maximum absolute atomic E-state index is 12.4. The summed E-state index contributed by atoms with van der Waals surface area (Å²) in [4.78, 5) is 19.4. The third kappa shape index (κ3) is 1.70. The second-order valence-corrected chi connectivity index (χ2v) is 5.39. The average Bonchev–Trinajstić information content (AvgIpc) is 3.01. The second-order valence-electron chi connectivity index (χ2n) is 5.39. The highest BCUT2D eigenvalue weighted by Crippen LogP contribution is 2.33. The number of aromatic hydroxyl groups is 1. The maximum atomic E-state index is 12.4. The lowest BCUT2D eigenvalue weighted by atomic mass is 10.0. The molecule has 2 aromatic carbocycles. The number of nitrogens with one attached hydrogen (secondary N) is 1. The molecule has 1 aliphatic rings. The number of carbonyl (C=O) groups excluding carboxylic acids is 1. The fourth-order valence-electron chi connectivity index (χ4n) is 3.00. The SMILES string of the molecule is CCc1ccc2[nH]c(O)c(C3=c4ccccc4=NC3=O)c2c1. The number of H-pyrrole nitrogens is 1. The molecule has 2 heterocycles. The summed E-state index contributed by atoms with van der Waals surface area (Å²) >= 11 is 0. The van der Waals surface area contributed by atoms with Gasteiger partial charge in [-0.2, -0.15) is 0 Å². The minimum absolute atomic E-state index is 0.0125. The van der Waals surface area contributed by atoms with Crippen molar-refractivity contribution in [1.82, 2.24) is 4.98 Å². The van der Waals surface area contributed by atoms with Crippen LogP contribution in [-0.4, -0.2) is 16.0 Å². The van der Waals surface area contributed by atoms with E-state index in [-0.39, 0.29) is 11.8 Å². The topological polar surface area (TPSA) is 65.4 Å². The lowest BCUT2D eigenvalue weighted by Crippen LogP contribution is -2.22. The number of para-hydroxylation sites is 1. The molecular weight excluding hydrogens is 276 g/mol. The van der Waals surface area contributed by atoms with Gasteiger partial charge in [0.2, 0.25) is 0 Å². The van der Waals surface area contributed by atoms with Crippen LogP contribution in [0.2, 0.25) is 0 Å². The number of fused-ring (bicyclic) bond motifs is 2. The molecule has 0 aliphatic carbocycles. The van der Waals surface area contributed by atoms with E-state index in [2.05, 4.69) is 16.9 Å². The first-order valence-corrected chi connectivity index (χ1v) is 7.25. The number of aromatic amines is 1. The lowest BCUT2D eigenvalue weighted by Gasteiger charge is -2.01. The Kier molecular flexibility index (Phi) is 2.66. The molecule has 0 saturated carbocycles. The van der Waals surface area contributed by atoms with Gasteiger partial charge < -0.3 is 10.1 Å². The number of hydrogen-bond acceptors (Lipinski definition) is 2. The quantitative estimate of drug-likeness (QED) is 0.756. The first-order chi connectivity index (χ1) is 10.7. The third-order valence-corrected chi connectivity index (χ3v) is 4.11. The van der Waals surface area contributed by atoms with Crippen LogP contribution in [-0.2, 0) is 11.2 Å². The molecule has 3 aromatic rings. The number of amides is 1. The van der Waals surface area contributed by atoms with Gasteiger partial charge in [-0.1, -0.05) is 31.2 Å². The van der Waals surface area contributed by atoms with Crippen LogP contribution in [0.3, 0.4) is 0 Å². The normalized spacial score (nSPS) is 13.5. The number of nitrogens with zero attached hydrogens (tertiary/aromatic N) is 1. The van der Waals surface area contributed by atoms with Crippen LogP contribution in [0.5, 0.6) is 5.88 Å². The third-order valence-electron chi connectivity index (χ3n) is 4.11. The van der Waals surface area contributed by atoms with E-state index in [1.165, 1.54) is 0 Å². The maximum Gasteiger partial charge on any atom is 0.279 e. The predicted molar refractivity (Wildman–Crippen MR) is 84.1 cm³/mol. The molecule has 0 atom stereocenters. The van der Waals surface area contributed by atoms with Crippen molar-refractivity contribution in [3.8, 4) is 5.88 Å². The first-order valence-electron chi connectivity index (χ1n) is 7.25. The van der Waals surface area contributed by atoms with Crippen molar-refractivity contribution in [3.63, 3.8) is 0 Å². The molecule has 2 N–H and O–H groups in total. The van der Waals surface area contributed by atoms with Gasteiger partial charge in [0.25, 0.3) is 5.91 Å². The summed E-state index contributed by atoms with van der Waals surface area (Å²) in [6.45, 7) is 2.08. The van der Waals surface area contributed by atoms with Gasteiger partial charge in [-0.3, -0.25) is 4.79 Å².